The molecule has 1 aliphatic heterocycles. The number of carboxylic acid groups (broad SMARTS) is 1. The Hall–Kier alpha value is -1.59. The van der Waals surface area contributed by atoms with E-state index in [0.29, 0.717) is 33.6 Å². The molecule has 0 aromatic carbocycles. The van der Waals surface area contributed by atoms with Gasteiger partial charge in [-0.25, -0.2) is 0 Å². The summed E-state index contributed by atoms with van der Waals surface area (Å²) >= 11 is 7.06. The van der Waals surface area contributed by atoms with Crippen molar-refractivity contribution in [3.8, 4) is 0 Å². The number of hydrogen-bond donors (Lipinski definition) is 1. The summed E-state index contributed by atoms with van der Waals surface area (Å²) in [4.78, 5) is 24.0. The molecule has 0 radical (unpaired) electrons. The molecular weight excluding hydrogens is 286 g/mol. The topological polar surface area (TPSA) is 59.3 Å². The van der Waals surface area contributed by atoms with E-state index in [4.69, 9.17) is 16.7 Å². The Labute approximate surface area is 118 Å². The van der Waals surface area contributed by atoms with Crippen molar-refractivity contribution in [2.45, 2.75) is 18.9 Å². The quantitative estimate of drug-likeness (QED) is 0.886. The molecule has 1 N–H and O–H groups in total. The van der Waals surface area contributed by atoms with Gasteiger partial charge in [-0.15, -0.1) is 11.3 Å². The number of carbonyl (C=O) groups is 2. The molecule has 1 unspecified atom stereocenters. The van der Waals surface area contributed by atoms with Gasteiger partial charge in [-0.3, -0.25) is 9.59 Å². The minimum atomic E-state index is -0.838. The number of aromatic nitrogens is 1. The minimum absolute atomic E-state index is 0.103. The Morgan fingerprint density at radius 1 is 1.32 bits per heavy atom. The standard InChI is InChI=1S/C13H10ClNO3S/c14-11-4-3-10(19-11)12(16)9-2-1-8-7(13(17)18)5-6-15(8)9/h1-4,7H,5-6H2,(H,17,18). The maximum Gasteiger partial charge on any atom is 0.312 e. The highest BCUT2D eigenvalue weighted by Gasteiger charge is 2.31. The van der Waals surface area contributed by atoms with Crippen molar-refractivity contribution in [2.75, 3.05) is 0 Å². The zero-order valence-corrected chi connectivity index (χ0v) is 11.4. The molecule has 4 nitrogen and oxygen atoms in total. The lowest BCUT2D eigenvalue weighted by molar-refractivity contribution is -0.138. The molecular formula is C13H10ClNO3S. The second-order valence-corrected chi connectivity index (χ2v) is 6.12. The Bertz CT molecular complexity index is 673. The van der Waals surface area contributed by atoms with Crippen LogP contribution in [0.25, 0.3) is 0 Å². The molecule has 6 heteroatoms. The molecule has 0 amide bonds. The molecule has 0 aliphatic carbocycles. The SMILES string of the molecule is O=C(c1ccc(Cl)s1)c1ccc2n1CCC2C(=O)O. The van der Waals surface area contributed by atoms with E-state index in [2.05, 4.69) is 0 Å². The highest BCUT2D eigenvalue weighted by molar-refractivity contribution is 7.18. The third-order valence-electron chi connectivity index (χ3n) is 3.34. The van der Waals surface area contributed by atoms with Gasteiger partial charge in [-0.2, -0.15) is 0 Å². The Kier molecular flexibility index (Phi) is 2.95. The van der Waals surface area contributed by atoms with Crippen LogP contribution in [0.1, 0.15) is 33.4 Å². The van der Waals surface area contributed by atoms with Crippen LogP contribution in [0, 0.1) is 0 Å². The molecule has 0 spiro atoms. The number of hydrogen-bond acceptors (Lipinski definition) is 3. The summed E-state index contributed by atoms with van der Waals surface area (Å²) in [6, 6.07) is 6.81. The maximum atomic E-state index is 12.3. The van der Waals surface area contributed by atoms with Crippen molar-refractivity contribution in [1.82, 2.24) is 4.57 Å². The Morgan fingerprint density at radius 2 is 2.11 bits per heavy atom. The molecule has 0 saturated carbocycles. The Morgan fingerprint density at radius 3 is 2.74 bits per heavy atom. The fourth-order valence-electron chi connectivity index (χ4n) is 2.45. The molecule has 2 aromatic heterocycles. The molecule has 98 valence electrons. The summed E-state index contributed by atoms with van der Waals surface area (Å²) in [7, 11) is 0. The van der Waals surface area contributed by atoms with Gasteiger partial charge in [-0.05, 0) is 30.7 Å². The van der Waals surface area contributed by atoms with E-state index in [1.54, 1.807) is 28.8 Å². The summed E-state index contributed by atoms with van der Waals surface area (Å²) in [5.41, 5.74) is 1.25. The second-order valence-electron chi connectivity index (χ2n) is 4.41. The van der Waals surface area contributed by atoms with Gasteiger partial charge in [0, 0.05) is 12.2 Å². The van der Waals surface area contributed by atoms with Gasteiger partial charge in [-0.1, -0.05) is 11.6 Å². The number of halogens is 1. The molecule has 0 bridgehead atoms. The number of carbonyl (C=O) groups excluding carboxylic acids is 1. The highest BCUT2D eigenvalue weighted by atomic mass is 35.5. The van der Waals surface area contributed by atoms with Crippen LogP contribution in [0.15, 0.2) is 24.3 Å². The average Bonchev–Trinajstić information content (AvgIpc) is 3.01. The highest BCUT2D eigenvalue weighted by Crippen LogP contribution is 2.32. The van der Waals surface area contributed by atoms with Crippen LogP contribution in [-0.4, -0.2) is 21.4 Å². The number of nitrogens with zero attached hydrogens (tertiary/aromatic N) is 1. The van der Waals surface area contributed by atoms with E-state index in [0.717, 1.165) is 0 Å². The van der Waals surface area contributed by atoms with Crippen LogP contribution >= 0.6 is 22.9 Å². The third kappa shape index (κ3) is 1.99. The number of aliphatic carboxylic acids is 1. The van der Waals surface area contributed by atoms with Crippen molar-refractivity contribution in [1.29, 1.82) is 0 Å². The average molecular weight is 296 g/mol. The first-order valence-corrected chi connectivity index (χ1v) is 6.99. The largest absolute Gasteiger partial charge is 0.481 e. The van der Waals surface area contributed by atoms with Gasteiger partial charge >= 0.3 is 5.97 Å². The molecule has 3 heterocycles. The van der Waals surface area contributed by atoms with Crippen molar-refractivity contribution in [2.24, 2.45) is 0 Å². The van der Waals surface area contributed by atoms with E-state index < -0.39 is 11.9 Å². The summed E-state index contributed by atoms with van der Waals surface area (Å²) in [5, 5.41) is 9.11. The zero-order chi connectivity index (χ0) is 13.6. The molecule has 1 atom stereocenters. The van der Waals surface area contributed by atoms with Crippen molar-refractivity contribution >= 4 is 34.7 Å². The van der Waals surface area contributed by atoms with Gasteiger partial charge in [0.15, 0.2) is 0 Å². The van der Waals surface area contributed by atoms with E-state index in [1.807, 2.05) is 0 Å². The lowest BCUT2D eigenvalue weighted by Crippen LogP contribution is -2.09. The molecule has 19 heavy (non-hydrogen) atoms. The van der Waals surface area contributed by atoms with Crippen LogP contribution in [0.2, 0.25) is 4.34 Å². The summed E-state index contributed by atoms with van der Waals surface area (Å²) < 4.78 is 2.37. The van der Waals surface area contributed by atoms with Crippen LogP contribution < -0.4 is 0 Å². The minimum Gasteiger partial charge on any atom is -0.481 e. The van der Waals surface area contributed by atoms with Crippen LogP contribution in [-0.2, 0) is 11.3 Å². The van der Waals surface area contributed by atoms with E-state index in [9.17, 15) is 9.59 Å². The first-order valence-electron chi connectivity index (χ1n) is 5.80. The van der Waals surface area contributed by atoms with Crippen LogP contribution in [0.4, 0.5) is 0 Å². The third-order valence-corrected chi connectivity index (χ3v) is 4.57. The van der Waals surface area contributed by atoms with Gasteiger partial charge in [0.2, 0.25) is 5.78 Å². The number of thiophene rings is 1. The molecule has 1 aliphatic rings. The molecule has 0 fully saturated rings. The normalized spacial score (nSPS) is 17.4. The van der Waals surface area contributed by atoms with Gasteiger partial charge in [0.1, 0.15) is 0 Å². The monoisotopic (exact) mass is 295 g/mol. The fraction of sp³-hybridized carbons (Fsp3) is 0.231. The second kappa shape index (κ2) is 4.51. The predicted molar refractivity (Wildman–Crippen MR) is 72.2 cm³/mol. The molecule has 2 aromatic rings. The molecule has 3 rings (SSSR count). The summed E-state index contributed by atoms with van der Waals surface area (Å²) in [6.07, 6.45) is 0.539. The van der Waals surface area contributed by atoms with Crippen molar-refractivity contribution in [3.05, 3.63) is 44.9 Å². The lowest BCUT2D eigenvalue weighted by Gasteiger charge is -2.04. The van der Waals surface area contributed by atoms with Crippen LogP contribution in [0.3, 0.4) is 0 Å². The first-order chi connectivity index (χ1) is 9.08. The number of rotatable bonds is 3. The smallest absolute Gasteiger partial charge is 0.312 e. The number of fused-ring (bicyclic) bond motifs is 1. The molecule has 0 saturated heterocycles. The van der Waals surface area contributed by atoms with Crippen LogP contribution in [0.5, 0.6) is 0 Å². The van der Waals surface area contributed by atoms with Crippen molar-refractivity contribution in [3.63, 3.8) is 0 Å². The maximum absolute atomic E-state index is 12.3. The summed E-state index contributed by atoms with van der Waals surface area (Å²) in [6.45, 7) is 0.569. The van der Waals surface area contributed by atoms with Gasteiger partial charge < -0.3 is 9.67 Å². The predicted octanol–water partition coefficient (Wildman–Crippen LogP) is 3.01. The fourth-order valence-corrected chi connectivity index (χ4v) is 3.45. The summed E-state index contributed by atoms with van der Waals surface area (Å²) in [5.74, 6) is -1.45. The number of carboxylic acids is 1. The first kappa shape index (κ1) is 12.4. The van der Waals surface area contributed by atoms with E-state index in [1.165, 1.54) is 11.3 Å². The lowest BCUT2D eigenvalue weighted by atomic mass is 10.1. The Balaban J connectivity index is 1.98. The number of ketones is 1. The van der Waals surface area contributed by atoms with Gasteiger partial charge in [0.25, 0.3) is 0 Å². The van der Waals surface area contributed by atoms with E-state index >= 15 is 0 Å². The van der Waals surface area contributed by atoms with Gasteiger partial charge in [0.05, 0.1) is 20.8 Å². The zero-order valence-electron chi connectivity index (χ0n) is 9.80. The van der Waals surface area contributed by atoms with Crippen molar-refractivity contribution < 1.29 is 14.7 Å². The van der Waals surface area contributed by atoms with E-state index in [-0.39, 0.29) is 5.78 Å².